The highest BCUT2D eigenvalue weighted by molar-refractivity contribution is 5.52. The molecule has 94 valence electrons. The molecule has 0 bridgehead atoms. The molecule has 0 spiro atoms. The molecular formula is C13H18FNO2. The van der Waals surface area contributed by atoms with Crippen LogP contribution in [0.15, 0.2) is 12.1 Å². The van der Waals surface area contributed by atoms with E-state index in [-0.39, 0.29) is 5.41 Å². The molecule has 0 unspecified atom stereocenters. The number of ether oxygens (including phenoxy) is 2. The molecule has 1 saturated carbocycles. The van der Waals surface area contributed by atoms with E-state index in [4.69, 9.17) is 15.2 Å². The number of benzene rings is 1. The van der Waals surface area contributed by atoms with E-state index in [1.54, 1.807) is 7.11 Å². The molecule has 1 aliphatic rings. The Hall–Kier alpha value is -1.29. The van der Waals surface area contributed by atoms with E-state index in [0.29, 0.717) is 23.6 Å². The van der Waals surface area contributed by atoms with Gasteiger partial charge in [-0.05, 0) is 30.5 Å². The van der Waals surface area contributed by atoms with Crippen molar-refractivity contribution in [1.29, 1.82) is 0 Å². The summed E-state index contributed by atoms with van der Waals surface area (Å²) in [5, 5.41) is 0. The van der Waals surface area contributed by atoms with Crippen LogP contribution in [0.25, 0.3) is 0 Å². The number of alkyl halides is 1. The summed E-state index contributed by atoms with van der Waals surface area (Å²) < 4.78 is 23.5. The summed E-state index contributed by atoms with van der Waals surface area (Å²) in [5.74, 6) is 1.06. The van der Waals surface area contributed by atoms with Gasteiger partial charge in [0.05, 0.1) is 14.2 Å². The zero-order valence-corrected chi connectivity index (χ0v) is 10.3. The van der Waals surface area contributed by atoms with Gasteiger partial charge < -0.3 is 15.2 Å². The van der Waals surface area contributed by atoms with Crippen molar-refractivity contribution in [2.24, 2.45) is 5.73 Å². The molecule has 2 N–H and O–H groups in total. The van der Waals surface area contributed by atoms with Crippen LogP contribution >= 0.6 is 0 Å². The lowest BCUT2D eigenvalue weighted by Crippen LogP contribution is -2.20. The molecule has 0 amide bonds. The van der Waals surface area contributed by atoms with E-state index in [9.17, 15) is 4.39 Å². The molecule has 0 saturated heterocycles. The summed E-state index contributed by atoms with van der Waals surface area (Å²) in [6.45, 7) is 0.0300. The van der Waals surface area contributed by atoms with Gasteiger partial charge in [-0.1, -0.05) is 0 Å². The van der Waals surface area contributed by atoms with Gasteiger partial charge in [-0.15, -0.1) is 0 Å². The molecule has 0 radical (unpaired) electrons. The summed E-state index contributed by atoms with van der Waals surface area (Å²) in [6.07, 6.45) is 2.12. The maximum Gasteiger partial charge on any atom is 0.166 e. The van der Waals surface area contributed by atoms with Crippen LogP contribution in [0, 0.1) is 0 Å². The largest absolute Gasteiger partial charge is 0.493 e. The molecule has 0 aromatic heterocycles. The number of nitrogens with two attached hydrogens (primary N) is 1. The van der Waals surface area contributed by atoms with Gasteiger partial charge in [-0.3, -0.25) is 0 Å². The maximum atomic E-state index is 13.0. The van der Waals surface area contributed by atoms with E-state index in [1.807, 2.05) is 12.1 Å². The van der Waals surface area contributed by atoms with Gasteiger partial charge >= 0.3 is 0 Å². The van der Waals surface area contributed by atoms with Crippen LogP contribution in [0.3, 0.4) is 0 Å². The highest BCUT2D eigenvalue weighted by Gasteiger charge is 2.43. The predicted molar refractivity (Wildman–Crippen MR) is 64.3 cm³/mol. The number of hydrogen-bond acceptors (Lipinski definition) is 3. The van der Waals surface area contributed by atoms with Gasteiger partial charge in [-0.2, -0.15) is 0 Å². The minimum atomic E-state index is -0.561. The first-order valence-electron chi connectivity index (χ1n) is 5.72. The topological polar surface area (TPSA) is 44.5 Å². The Labute approximate surface area is 101 Å². The third-order valence-electron chi connectivity index (χ3n) is 3.56. The van der Waals surface area contributed by atoms with Gasteiger partial charge in [0.1, 0.15) is 6.67 Å². The van der Waals surface area contributed by atoms with Crippen LogP contribution in [-0.2, 0) is 12.1 Å². The fraction of sp³-hybridized carbons (Fsp3) is 0.538. The Balaban J connectivity index is 2.49. The summed E-state index contributed by atoms with van der Waals surface area (Å²) in [6, 6.07) is 3.76. The lowest BCUT2D eigenvalue weighted by atomic mass is 9.94. The van der Waals surface area contributed by atoms with E-state index >= 15 is 0 Å². The molecule has 4 heteroatoms. The zero-order chi connectivity index (χ0) is 12.5. The zero-order valence-electron chi connectivity index (χ0n) is 10.3. The fourth-order valence-electron chi connectivity index (χ4n) is 2.21. The van der Waals surface area contributed by atoms with Crippen LogP contribution in [0.2, 0.25) is 0 Å². The van der Waals surface area contributed by atoms with Crippen molar-refractivity contribution in [2.45, 2.75) is 24.9 Å². The van der Waals surface area contributed by atoms with E-state index in [2.05, 4.69) is 0 Å². The molecule has 0 atom stereocenters. The Morgan fingerprint density at radius 1 is 1.29 bits per heavy atom. The molecule has 2 rings (SSSR count). The van der Waals surface area contributed by atoms with Gasteiger partial charge in [0.15, 0.2) is 11.5 Å². The minimum Gasteiger partial charge on any atom is -0.493 e. The molecule has 0 heterocycles. The Morgan fingerprint density at radius 2 is 2.00 bits per heavy atom. The average molecular weight is 239 g/mol. The van der Waals surface area contributed by atoms with Crippen molar-refractivity contribution in [3.05, 3.63) is 23.3 Å². The van der Waals surface area contributed by atoms with Gasteiger partial charge in [0, 0.05) is 17.5 Å². The summed E-state index contributed by atoms with van der Waals surface area (Å²) in [7, 11) is 3.08. The van der Waals surface area contributed by atoms with E-state index < -0.39 is 6.67 Å². The van der Waals surface area contributed by atoms with Crippen LogP contribution in [-0.4, -0.2) is 20.8 Å². The summed E-state index contributed by atoms with van der Waals surface area (Å²) in [5.41, 5.74) is 7.41. The van der Waals surface area contributed by atoms with Crippen molar-refractivity contribution < 1.29 is 13.9 Å². The molecule has 1 fully saturated rings. The molecular weight excluding hydrogens is 221 g/mol. The van der Waals surface area contributed by atoms with Crippen LogP contribution in [0.4, 0.5) is 4.39 Å². The second kappa shape index (κ2) is 4.53. The number of rotatable bonds is 5. The quantitative estimate of drug-likeness (QED) is 0.856. The molecule has 1 aromatic carbocycles. The SMILES string of the molecule is COc1cc(C2(CN)CC2)cc(CF)c1OC. The number of hydrogen-bond donors (Lipinski definition) is 1. The number of methoxy groups -OCH3 is 2. The van der Waals surface area contributed by atoms with E-state index in [1.165, 1.54) is 7.11 Å². The second-order valence-corrected chi connectivity index (χ2v) is 4.49. The maximum absolute atomic E-state index is 13.0. The highest BCUT2D eigenvalue weighted by Crippen LogP contribution is 2.49. The Bertz CT molecular complexity index is 391. The van der Waals surface area contributed by atoms with Gasteiger partial charge in [0.2, 0.25) is 0 Å². The molecule has 17 heavy (non-hydrogen) atoms. The predicted octanol–water partition coefficient (Wildman–Crippen LogP) is 2.16. The minimum absolute atomic E-state index is 0.0312. The normalized spacial score (nSPS) is 16.7. The van der Waals surface area contributed by atoms with Crippen molar-refractivity contribution >= 4 is 0 Å². The Kier molecular flexibility index (Phi) is 3.24. The van der Waals surface area contributed by atoms with Crippen molar-refractivity contribution in [1.82, 2.24) is 0 Å². The van der Waals surface area contributed by atoms with Crippen molar-refractivity contribution in [3.8, 4) is 11.5 Å². The molecule has 1 aromatic rings. The molecule has 1 aliphatic carbocycles. The lowest BCUT2D eigenvalue weighted by molar-refractivity contribution is 0.344. The highest BCUT2D eigenvalue weighted by atomic mass is 19.1. The smallest absolute Gasteiger partial charge is 0.166 e. The van der Waals surface area contributed by atoms with Crippen molar-refractivity contribution in [3.63, 3.8) is 0 Å². The van der Waals surface area contributed by atoms with E-state index in [0.717, 1.165) is 18.4 Å². The third-order valence-corrected chi connectivity index (χ3v) is 3.56. The first-order valence-corrected chi connectivity index (χ1v) is 5.72. The van der Waals surface area contributed by atoms with Crippen LogP contribution in [0.5, 0.6) is 11.5 Å². The number of halogens is 1. The summed E-state index contributed by atoms with van der Waals surface area (Å²) in [4.78, 5) is 0. The fourth-order valence-corrected chi connectivity index (χ4v) is 2.21. The second-order valence-electron chi connectivity index (χ2n) is 4.49. The first kappa shape index (κ1) is 12.2. The molecule has 0 aliphatic heterocycles. The summed E-state index contributed by atoms with van der Waals surface area (Å²) >= 11 is 0. The third kappa shape index (κ3) is 1.97. The van der Waals surface area contributed by atoms with Crippen LogP contribution in [0.1, 0.15) is 24.0 Å². The van der Waals surface area contributed by atoms with Gasteiger partial charge in [0.25, 0.3) is 0 Å². The van der Waals surface area contributed by atoms with Crippen molar-refractivity contribution in [2.75, 3.05) is 20.8 Å². The average Bonchev–Trinajstić information content (AvgIpc) is 3.17. The Morgan fingerprint density at radius 3 is 2.41 bits per heavy atom. The first-order chi connectivity index (χ1) is 8.20. The van der Waals surface area contributed by atoms with Crippen LogP contribution < -0.4 is 15.2 Å². The standard InChI is InChI=1S/C13H18FNO2/c1-16-11-6-10(13(8-15)3-4-13)5-9(7-14)12(11)17-2/h5-6H,3-4,7-8,15H2,1-2H3. The van der Waals surface area contributed by atoms with Gasteiger partial charge in [-0.25, -0.2) is 4.39 Å². The molecule has 3 nitrogen and oxygen atoms in total. The lowest BCUT2D eigenvalue weighted by Gasteiger charge is -2.18. The monoisotopic (exact) mass is 239 g/mol.